The first-order chi connectivity index (χ1) is 15.7. The van der Waals surface area contributed by atoms with Crippen LogP contribution in [0.4, 0.5) is 5.69 Å². The molecule has 0 aliphatic carbocycles. The van der Waals surface area contributed by atoms with Crippen LogP contribution in [-0.4, -0.2) is 59.3 Å². The van der Waals surface area contributed by atoms with Crippen molar-refractivity contribution < 1.29 is 9.53 Å². The number of benzene rings is 2. The zero-order chi connectivity index (χ0) is 22.2. The topological polar surface area (TPSA) is 58.6 Å². The fraction of sp³-hybridized carbons (Fsp3) is 0.292. The van der Waals surface area contributed by atoms with Gasteiger partial charge in [-0.05, 0) is 31.2 Å². The van der Waals surface area contributed by atoms with Crippen molar-refractivity contribution in [3.05, 3.63) is 67.0 Å². The third-order valence-electron chi connectivity index (χ3n) is 5.06. The van der Waals surface area contributed by atoms with E-state index in [9.17, 15) is 4.79 Å². The molecule has 32 heavy (non-hydrogen) atoms. The Balaban J connectivity index is 1.32. The number of amides is 1. The lowest BCUT2D eigenvalue weighted by molar-refractivity contribution is -0.128. The maximum atomic E-state index is 12.9. The van der Waals surface area contributed by atoms with E-state index in [1.54, 1.807) is 24.2 Å². The predicted octanol–water partition coefficient (Wildman–Crippen LogP) is 4.47. The molecule has 2 heterocycles. The van der Waals surface area contributed by atoms with Gasteiger partial charge in [0.15, 0.2) is 0 Å². The molecular weight excluding hydrogens is 440 g/mol. The Morgan fingerprint density at radius 2 is 1.62 bits per heavy atom. The van der Waals surface area contributed by atoms with Gasteiger partial charge in [0.25, 0.3) is 0 Å². The standard InChI is InChI=1S/C24H26N4O2S2/c1-2-30-21-11-7-6-10-20(21)27-14-16-28(17-15-27)22(29)18-31-23-24(26-13-12-25-23)32-19-8-4-3-5-9-19/h3-13H,2,14-18H2,1H3. The highest BCUT2D eigenvalue weighted by Crippen LogP contribution is 2.33. The molecule has 0 radical (unpaired) electrons. The lowest BCUT2D eigenvalue weighted by atomic mass is 10.2. The third-order valence-corrected chi connectivity index (χ3v) is 7.15. The second-order valence-electron chi connectivity index (χ2n) is 7.14. The Morgan fingerprint density at radius 1 is 0.938 bits per heavy atom. The Labute approximate surface area is 197 Å². The molecule has 166 valence electrons. The second kappa shape index (κ2) is 11.2. The van der Waals surface area contributed by atoms with Crippen molar-refractivity contribution in [3.8, 4) is 5.75 Å². The first-order valence-electron chi connectivity index (χ1n) is 10.7. The van der Waals surface area contributed by atoms with E-state index in [0.29, 0.717) is 25.4 Å². The quantitative estimate of drug-likeness (QED) is 0.454. The number of para-hydroxylation sites is 2. The fourth-order valence-electron chi connectivity index (χ4n) is 3.50. The lowest BCUT2D eigenvalue weighted by Crippen LogP contribution is -2.49. The average Bonchev–Trinajstić information content (AvgIpc) is 2.85. The van der Waals surface area contributed by atoms with Crippen LogP contribution in [0, 0.1) is 0 Å². The van der Waals surface area contributed by atoms with E-state index in [1.165, 1.54) is 11.8 Å². The number of thioether (sulfide) groups is 1. The number of hydrogen-bond donors (Lipinski definition) is 0. The molecule has 1 aliphatic rings. The Hall–Kier alpha value is -2.71. The van der Waals surface area contributed by atoms with Crippen LogP contribution in [-0.2, 0) is 4.79 Å². The van der Waals surface area contributed by atoms with E-state index in [1.807, 2.05) is 60.4 Å². The number of anilines is 1. The molecule has 2 aromatic carbocycles. The van der Waals surface area contributed by atoms with Crippen molar-refractivity contribution in [2.45, 2.75) is 21.9 Å². The van der Waals surface area contributed by atoms with E-state index in [4.69, 9.17) is 4.74 Å². The van der Waals surface area contributed by atoms with Gasteiger partial charge >= 0.3 is 0 Å². The number of carbonyl (C=O) groups is 1. The molecule has 0 spiro atoms. The highest BCUT2D eigenvalue weighted by molar-refractivity contribution is 8.02. The summed E-state index contributed by atoms with van der Waals surface area (Å²) in [6.45, 7) is 5.62. The van der Waals surface area contributed by atoms with E-state index in [2.05, 4.69) is 20.9 Å². The van der Waals surface area contributed by atoms with Crippen LogP contribution in [0.5, 0.6) is 5.75 Å². The van der Waals surface area contributed by atoms with Gasteiger partial charge in [0, 0.05) is 43.5 Å². The van der Waals surface area contributed by atoms with Crippen molar-refractivity contribution in [1.82, 2.24) is 14.9 Å². The molecule has 8 heteroatoms. The van der Waals surface area contributed by atoms with Gasteiger partial charge in [-0.3, -0.25) is 4.79 Å². The Bertz CT molecular complexity index is 1030. The van der Waals surface area contributed by atoms with Crippen molar-refractivity contribution >= 4 is 35.1 Å². The molecule has 0 saturated carbocycles. The van der Waals surface area contributed by atoms with Crippen molar-refractivity contribution in [2.24, 2.45) is 0 Å². The number of aromatic nitrogens is 2. The minimum absolute atomic E-state index is 0.133. The van der Waals surface area contributed by atoms with Gasteiger partial charge in [-0.25, -0.2) is 9.97 Å². The summed E-state index contributed by atoms with van der Waals surface area (Å²) in [5.41, 5.74) is 1.10. The molecule has 6 nitrogen and oxygen atoms in total. The molecule has 1 aromatic heterocycles. The van der Waals surface area contributed by atoms with Crippen molar-refractivity contribution in [3.63, 3.8) is 0 Å². The van der Waals surface area contributed by atoms with Gasteiger partial charge in [0.2, 0.25) is 5.91 Å². The lowest BCUT2D eigenvalue weighted by Gasteiger charge is -2.36. The molecule has 3 aromatic rings. The van der Waals surface area contributed by atoms with Gasteiger partial charge in [-0.1, -0.05) is 53.9 Å². The summed E-state index contributed by atoms with van der Waals surface area (Å²) in [6, 6.07) is 18.2. The van der Waals surface area contributed by atoms with Gasteiger partial charge in [-0.15, -0.1) is 0 Å². The molecule has 0 unspecified atom stereocenters. The average molecular weight is 467 g/mol. The number of hydrogen-bond acceptors (Lipinski definition) is 7. The minimum Gasteiger partial charge on any atom is -0.492 e. The van der Waals surface area contributed by atoms with Crippen LogP contribution in [0.15, 0.2) is 81.9 Å². The minimum atomic E-state index is 0.133. The van der Waals surface area contributed by atoms with E-state index in [-0.39, 0.29) is 5.91 Å². The zero-order valence-electron chi connectivity index (χ0n) is 18.0. The fourth-order valence-corrected chi connectivity index (χ4v) is 5.32. The summed E-state index contributed by atoms with van der Waals surface area (Å²) in [5.74, 6) is 1.39. The summed E-state index contributed by atoms with van der Waals surface area (Å²) >= 11 is 3.02. The summed E-state index contributed by atoms with van der Waals surface area (Å²) in [7, 11) is 0. The van der Waals surface area contributed by atoms with E-state index in [0.717, 1.165) is 39.5 Å². The van der Waals surface area contributed by atoms with Crippen LogP contribution < -0.4 is 9.64 Å². The maximum Gasteiger partial charge on any atom is 0.233 e. The SMILES string of the molecule is CCOc1ccccc1N1CCN(C(=O)CSc2nccnc2Sc2ccccc2)CC1. The molecule has 1 fully saturated rings. The second-order valence-corrected chi connectivity index (χ2v) is 9.17. The van der Waals surface area contributed by atoms with Gasteiger partial charge in [-0.2, -0.15) is 0 Å². The molecule has 0 bridgehead atoms. The first kappa shape index (κ1) is 22.5. The number of nitrogens with zero attached hydrogens (tertiary/aromatic N) is 4. The molecule has 4 rings (SSSR count). The maximum absolute atomic E-state index is 12.9. The van der Waals surface area contributed by atoms with E-state index < -0.39 is 0 Å². The molecule has 0 atom stereocenters. The van der Waals surface area contributed by atoms with Crippen LogP contribution in [0.1, 0.15) is 6.92 Å². The number of carbonyl (C=O) groups excluding carboxylic acids is 1. The highest BCUT2D eigenvalue weighted by atomic mass is 32.2. The summed E-state index contributed by atoms with van der Waals surface area (Å²) in [6.07, 6.45) is 3.37. The highest BCUT2D eigenvalue weighted by Gasteiger charge is 2.23. The predicted molar refractivity (Wildman–Crippen MR) is 130 cm³/mol. The third kappa shape index (κ3) is 5.75. The van der Waals surface area contributed by atoms with Crippen molar-refractivity contribution in [2.75, 3.05) is 43.4 Å². The molecule has 0 N–H and O–H groups in total. The summed E-state index contributed by atoms with van der Waals surface area (Å²) in [4.78, 5) is 27.1. The van der Waals surface area contributed by atoms with Gasteiger partial charge in [0.1, 0.15) is 15.8 Å². The number of rotatable bonds is 8. The Kier molecular flexibility index (Phi) is 7.90. The smallest absolute Gasteiger partial charge is 0.233 e. The normalized spacial score (nSPS) is 13.8. The van der Waals surface area contributed by atoms with Gasteiger partial charge in [0.05, 0.1) is 18.0 Å². The van der Waals surface area contributed by atoms with Crippen LogP contribution >= 0.6 is 23.5 Å². The monoisotopic (exact) mass is 466 g/mol. The molecule has 1 aliphatic heterocycles. The molecular formula is C24H26N4O2S2. The zero-order valence-corrected chi connectivity index (χ0v) is 19.6. The molecule has 1 saturated heterocycles. The van der Waals surface area contributed by atoms with Crippen molar-refractivity contribution in [1.29, 1.82) is 0 Å². The first-order valence-corrected chi connectivity index (χ1v) is 12.5. The van der Waals surface area contributed by atoms with Crippen LogP contribution in [0.25, 0.3) is 0 Å². The Morgan fingerprint density at radius 3 is 2.38 bits per heavy atom. The van der Waals surface area contributed by atoms with Crippen LogP contribution in [0.3, 0.4) is 0 Å². The number of ether oxygens (including phenoxy) is 1. The summed E-state index contributed by atoms with van der Waals surface area (Å²) in [5, 5.41) is 1.62. The van der Waals surface area contributed by atoms with Gasteiger partial charge < -0.3 is 14.5 Å². The number of piperazine rings is 1. The van der Waals surface area contributed by atoms with Crippen LogP contribution in [0.2, 0.25) is 0 Å². The summed E-state index contributed by atoms with van der Waals surface area (Å²) < 4.78 is 5.77. The largest absolute Gasteiger partial charge is 0.492 e. The molecule has 1 amide bonds. The van der Waals surface area contributed by atoms with E-state index >= 15 is 0 Å².